The average molecular weight is 284 g/mol. The molecule has 0 aliphatic heterocycles. The number of hydrogen-bond acceptors (Lipinski definition) is 2. The highest BCUT2D eigenvalue weighted by Gasteiger charge is 2.24. The second kappa shape index (κ2) is 6.76. The molecule has 1 atom stereocenters. The summed E-state index contributed by atoms with van der Waals surface area (Å²) in [6.07, 6.45) is 7.70. The number of aromatic nitrogens is 2. The molecule has 19 heavy (non-hydrogen) atoms. The Hall–Kier alpha value is -0.540. The van der Waals surface area contributed by atoms with E-state index < -0.39 is 0 Å². The summed E-state index contributed by atoms with van der Waals surface area (Å²) >= 11 is 6.35. The molecule has 3 nitrogen and oxygen atoms in total. The molecule has 1 fully saturated rings. The Morgan fingerprint density at radius 1 is 1.47 bits per heavy atom. The summed E-state index contributed by atoms with van der Waals surface area (Å²) in [4.78, 5) is 0. The summed E-state index contributed by atoms with van der Waals surface area (Å²) in [6, 6.07) is 0.547. The smallest absolute Gasteiger partial charge is 0.130 e. The Morgan fingerprint density at radius 2 is 2.21 bits per heavy atom. The van der Waals surface area contributed by atoms with Crippen molar-refractivity contribution in [3.05, 3.63) is 16.4 Å². The Balaban J connectivity index is 2.00. The van der Waals surface area contributed by atoms with E-state index >= 15 is 0 Å². The minimum atomic E-state index is 0.547. The monoisotopic (exact) mass is 283 g/mol. The molecular weight excluding hydrogens is 258 g/mol. The molecule has 0 bridgehead atoms. The molecule has 1 saturated carbocycles. The number of nitrogens with zero attached hydrogens (tertiary/aromatic N) is 2. The summed E-state index contributed by atoms with van der Waals surface area (Å²) < 4.78 is 1.78. The third-order valence-corrected chi connectivity index (χ3v) is 4.72. The Morgan fingerprint density at radius 3 is 2.68 bits per heavy atom. The van der Waals surface area contributed by atoms with Gasteiger partial charge in [0.25, 0.3) is 0 Å². The number of rotatable bonds is 7. The van der Waals surface area contributed by atoms with Gasteiger partial charge in [-0.15, -0.1) is 0 Å². The highest BCUT2D eigenvalue weighted by Crippen LogP contribution is 2.32. The van der Waals surface area contributed by atoms with Gasteiger partial charge in [-0.25, -0.2) is 0 Å². The lowest BCUT2D eigenvalue weighted by Crippen LogP contribution is -2.35. The van der Waals surface area contributed by atoms with Crippen molar-refractivity contribution in [2.24, 2.45) is 13.0 Å². The molecule has 1 heterocycles. The SMILES string of the molecule is CCCNC(Cc1c(C)nn(C)c1Cl)CC1CCC1. The van der Waals surface area contributed by atoms with E-state index in [1.807, 2.05) is 7.05 Å². The van der Waals surface area contributed by atoms with Crippen LogP contribution in [0.3, 0.4) is 0 Å². The minimum Gasteiger partial charge on any atom is -0.314 e. The topological polar surface area (TPSA) is 29.9 Å². The van der Waals surface area contributed by atoms with Gasteiger partial charge in [0.15, 0.2) is 0 Å². The average Bonchev–Trinajstić information content (AvgIpc) is 2.56. The summed E-state index contributed by atoms with van der Waals surface area (Å²) in [5.74, 6) is 0.921. The lowest BCUT2D eigenvalue weighted by molar-refractivity contribution is 0.259. The number of aryl methyl sites for hydroxylation is 2. The zero-order chi connectivity index (χ0) is 13.8. The molecule has 0 radical (unpaired) electrons. The standard InChI is InChI=1S/C15H26ClN3/c1-4-8-17-13(9-12-6-5-7-12)10-14-11(2)18-19(3)15(14)16/h12-13,17H,4-10H2,1-3H3. The van der Waals surface area contributed by atoms with Crippen molar-refractivity contribution in [3.8, 4) is 0 Å². The van der Waals surface area contributed by atoms with E-state index in [0.717, 1.165) is 29.7 Å². The van der Waals surface area contributed by atoms with Gasteiger partial charge in [0.2, 0.25) is 0 Å². The largest absolute Gasteiger partial charge is 0.314 e. The van der Waals surface area contributed by atoms with Crippen LogP contribution in [0, 0.1) is 12.8 Å². The van der Waals surface area contributed by atoms with Crippen LogP contribution >= 0.6 is 11.6 Å². The summed E-state index contributed by atoms with van der Waals surface area (Å²) in [5, 5.41) is 8.90. The van der Waals surface area contributed by atoms with Gasteiger partial charge in [-0.2, -0.15) is 5.10 Å². The van der Waals surface area contributed by atoms with E-state index in [1.54, 1.807) is 4.68 Å². The first-order chi connectivity index (χ1) is 9.11. The highest BCUT2D eigenvalue weighted by atomic mass is 35.5. The van der Waals surface area contributed by atoms with E-state index in [4.69, 9.17) is 11.6 Å². The van der Waals surface area contributed by atoms with Crippen LogP contribution < -0.4 is 5.32 Å². The molecule has 0 saturated heterocycles. The molecule has 0 amide bonds. The molecule has 2 rings (SSSR count). The molecule has 1 aromatic heterocycles. The summed E-state index contributed by atoms with van der Waals surface area (Å²) in [5.41, 5.74) is 2.29. The first-order valence-electron chi connectivity index (χ1n) is 7.53. The molecule has 0 spiro atoms. The summed E-state index contributed by atoms with van der Waals surface area (Å²) in [7, 11) is 1.92. The second-order valence-corrected chi connectivity index (χ2v) is 6.22. The van der Waals surface area contributed by atoms with Crippen LogP contribution in [0.1, 0.15) is 50.3 Å². The van der Waals surface area contributed by atoms with Crippen molar-refractivity contribution in [2.75, 3.05) is 6.54 Å². The normalized spacial score (nSPS) is 17.5. The molecule has 1 aromatic rings. The zero-order valence-corrected chi connectivity index (χ0v) is 13.1. The van der Waals surface area contributed by atoms with Gasteiger partial charge < -0.3 is 5.32 Å². The van der Waals surface area contributed by atoms with Gasteiger partial charge in [-0.1, -0.05) is 37.8 Å². The lowest BCUT2D eigenvalue weighted by atomic mass is 9.80. The Labute approximate surface area is 121 Å². The molecule has 1 unspecified atom stereocenters. The second-order valence-electron chi connectivity index (χ2n) is 5.87. The third-order valence-electron chi connectivity index (χ3n) is 4.25. The van der Waals surface area contributed by atoms with Crippen LogP contribution in [0.15, 0.2) is 0 Å². The molecule has 4 heteroatoms. The van der Waals surface area contributed by atoms with Crippen molar-refractivity contribution in [3.63, 3.8) is 0 Å². The fraction of sp³-hybridized carbons (Fsp3) is 0.800. The van der Waals surface area contributed by atoms with E-state index in [9.17, 15) is 0 Å². The first kappa shape index (κ1) is 14.9. The van der Waals surface area contributed by atoms with Gasteiger partial charge in [0.05, 0.1) is 5.69 Å². The number of nitrogens with one attached hydrogen (secondary N) is 1. The molecule has 108 valence electrons. The number of hydrogen-bond donors (Lipinski definition) is 1. The fourth-order valence-electron chi connectivity index (χ4n) is 2.87. The number of halogens is 1. The maximum Gasteiger partial charge on any atom is 0.130 e. The van der Waals surface area contributed by atoms with Crippen LogP contribution in [-0.2, 0) is 13.5 Å². The van der Waals surface area contributed by atoms with E-state index in [1.165, 1.54) is 37.7 Å². The zero-order valence-electron chi connectivity index (χ0n) is 12.4. The van der Waals surface area contributed by atoms with E-state index in [0.29, 0.717) is 6.04 Å². The van der Waals surface area contributed by atoms with Crippen LogP contribution in [0.2, 0.25) is 5.15 Å². The molecule has 0 aromatic carbocycles. The predicted molar refractivity (Wildman–Crippen MR) is 80.7 cm³/mol. The highest BCUT2D eigenvalue weighted by molar-refractivity contribution is 6.30. The Bertz CT molecular complexity index is 410. The minimum absolute atomic E-state index is 0.547. The molecule has 1 aliphatic carbocycles. The van der Waals surface area contributed by atoms with Crippen LogP contribution in [-0.4, -0.2) is 22.4 Å². The molecule has 1 N–H and O–H groups in total. The molecular formula is C15H26ClN3. The van der Waals surface area contributed by atoms with Gasteiger partial charge in [-0.05, 0) is 38.6 Å². The Kier molecular flexibility index (Phi) is 5.28. The lowest BCUT2D eigenvalue weighted by Gasteiger charge is -2.30. The van der Waals surface area contributed by atoms with Crippen molar-refractivity contribution in [1.82, 2.24) is 15.1 Å². The maximum atomic E-state index is 6.35. The van der Waals surface area contributed by atoms with Gasteiger partial charge in [0, 0.05) is 18.7 Å². The van der Waals surface area contributed by atoms with Crippen LogP contribution in [0.25, 0.3) is 0 Å². The van der Waals surface area contributed by atoms with Crippen molar-refractivity contribution in [1.29, 1.82) is 0 Å². The summed E-state index contributed by atoms with van der Waals surface area (Å²) in [6.45, 7) is 5.37. The van der Waals surface area contributed by atoms with E-state index in [2.05, 4.69) is 24.3 Å². The fourth-order valence-corrected chi connectivity index (χ4v) is 3.12. The molecule has 1 aliphatic rings. The third kappa shape index (κ3) is 3.73. The van der Waals surface area contributed by atoms with Gasteiger partial charge in [-0.3, -0.25) is 4.68 Å². The quantitative estimate of drug-likeness (QED) is 0.830. The van der Waals surface area contributed by atoms with Gasteiger partial charge in [0.1, 0.15) is 5.15 Å². The van der Waals surface area contributed by atoms with Crippen molar-refractivity contribution in [2.45, 2.75) is 58.4 Å². The van der Waals surface area contributed by atoms with Crippen LogP contribution in [0.5, 0.6) is 0 Å². The van der Waals surface area contributed by atoms with Crippen molar-refractivity contribution < 1.29 is 0 Å². The van der Waals surface area contributed by atoms with Crippen LogP contribution in [0.4, 0.5) is 0 Å². The maximum absolute atomic E-state index is 6.35. The van der Waals surface area contributed by atoms with E-state index in [-0.39, 0.29) is 0 Å². The first-order valence-corrected chi connectivity index (χ1v) is 7.91. The van der Waals surface area contributed by atoms with Gasteiger partial charge >= 0.3 is 0 Å². The van der Waals surface area contributed by atoms with Crippen molar-refractivity contribution >= 4 is 11.6 Å². The predicted octanol–water partition coefficient (Wildman–Crippen LogP) is 3.48.